The first-order valence-electron chi connectivity index (χ1n) is 6.97. The third-order valence-corrected chi connectivity index (χ3v) is 4.38. The van der Waals surface area contributed by atoms with Crippen molar-refractivity contribution in [2.45, 2.75) is 25.1 Å². The summed E-state index contributed by atoms with van der Waals surface area (Å²) >= 11 is 5.93. The largest absolute Gasteiger partial charge is 0.417 e. The Bertz CT molecular complexity index is 757. The van der Waals surface area contributed by atoms with E-state index in [1.807, 2.05) is 4.90 Å². The van der Waals surface area contributed by atoms with Crippen LogP contribution in [0.1, 0.15) is 18.4 Å². The average Bonchev–Trinajstić information content (AvgIpc) is 2.93. The molecule has 0 saturated carbocycles. The molecule has 0 bridgehead atoms. The molecule has 0 spiro atoms. The van der Waals surface area contributed by atoms with Gasteiger partial charge < -0.3 is 9.88 Å². The van der Waals surface area contributed by atoms with Crippen LogP contribution in [0.4, 0.5) is 18.9 Å². The lowest BCUT2D eigenvalue weighted by Gasteiger charge is -2.25. The fourth-order valence-corrected chi connectivity index (χ4v) is 3.31. The molecule has 0 aliphatic carbocycles. The molecular formula is C15H14ClF3N2O. The fourth-order valence-electron chi connectivity index (χ4n) is 2.99. The molecule has 3 rings (SSSR count). The first-order chi connectivity index (χ1) is 10.4. The van der Waals surface area contributed by atoms with Gasteiger partial charge in [0.2, 0.25) is 5.56 Å². The van der Waals surface area contributed by atoms with E-state index < -0.39 is 17.3 Å². The molecule has 0 radical (unpaired) electrons. The lowest BCUT2D eigenvalue weighted by atomic mass is 10.1. The zero-order valence-electron chi connectivity index (χ0n) is 11.6. The Kier molecular flexibility index (Phi) is 3.80. The van der Waals surface area contributed by atoms with Crippen LogP contribution in [0.25, 0.3) is 10.9 Å². The minimum atomic E-state index is -4.57. The predicted molar refractivity (Wildman–Crippen MR) is 80.7 cm³/mol. The third kappa shape index (κ3) is 2.67. The summed E-state index contributed by atoms with van der Waals surface area (Å²) in [5.41, 5.74) is -0.777. The predicted octanol–water partition coefficient (Wildman–Crippen LogP) is 3.75. The number of halogens is 4. The van der Waals surface area contributed by atoms with Crippen LogP contribution < -0.4 is 10.5 Å². The third-order valence-electron chi connectivity index (χ3n) is 4.02. The summed E-state index contributed by atoms with van der Waals surface area (Å²) < 4.78 is 39.5. The Hall–Kier alpha value is -1.69. The summed E-state index contributed by atoms with van der Waals surface area (Å²) in [5.74, 6) is 0.440. The van der Waals surface area contributed by atoms with E-state index in [1.165, 1.54) is 12.1 Å². The molecule has 7 heteroatoms. The molecule has 1 aromatic carbocycles. The minimum absolute atomic E-state index is 0.00447. The van der Waals surface area contributed by atoms with E-state index in [0.717, 1.165) is 19.4 Å². The summed E-state index contributed by atoms with van der Waals surface area (Å²) in [4.78, 5) is 15.9. The molecule has 1 atom stereocenters. The number of fused-ring (bicyclic) bond motifs is 1. The number of rotatable bonds is 2. The van der Waals surface area contributed by atoms with Crippen molar-refractivity contribution in [2.75, 3.05) is 17.3 Å². The Morgan fingerprint density at radius 2 is 2.09 bits per heavy atom. The first-order valence-corrected chi connectivity index (χ1v) is 7.50. The maximum atomic E-state index is 13.2. The topological polar surface area (TPSA) is 36.1 Å². The molecule has 1 aliphatic heterocycles. The zero-order valence-corrected chi connectivity index (χ0v) is 12.3. The SMILES string of the molecule is O=c1cc(C(F)(F)F)c2cc(N3CCC[C@H]3CCl)ccc2[nH]1. The molecule has 1 aliphatic rings. The van der Waals surface area contributed by atoms with E-state index in [0.29, 0.717) is 17.6 Å². The maximum absolute atomic E-state index is 13.2. The van der Waals surface area contributed by atoms with Crippen molar-refractivity contribution >= 4 is 28.2 Å². The molecule has 22 heavy (non-hydrogen) atoms. The Morgan fingerprint density at radius 1 is 1.32 bits per heavy atom. The van der Waals surface area contributed by atoms with Crippen LogP contribution >= 0.6 is 11.6 Å². The molecule has 1 fully saturated rings. The van der Waals surface area contributed by atoms with Gasteiger partial charge in [0, 0.05) is 41.1 Å². The highest BCUT2D eigenvalue weighted by Gasteiger charge is 2.34. The number of anilines is 1. The van der Waals surface area contributed by atoms with E-state index >= 15 is 0 Å². The number of hydrogen-bond donors (Lipinski definition) is 1. The second-order valence-corrected chi connectivity index (χ2v) is 5.73. The van der Waals surface area contributed by atoms with Crippen molar-refractivity contribution in [3.8, 4) is 0 Å². The van der Waals surface area contributed by atoms with E-state index in [2.05, 4.69) is 4.98 Å². The van der Waals surface area contributed by atoms with Gasteiger partial charge in [-0.3, -0.25) is 4.79 Å². The summed E-state index contributed by atoms with van der Waals surface area (Å²) in [6.07, 6.45) is -2.67. The van der Waals surface area contributed by atoms with Gasteiger partial charge in [-0.15, -0.1) is 11.6 Å². The number of aromatic nitrogens is 1. The molecule has 1 aromatic heterocycles. The van der Waals surface area contributed by atoms with Crippen molar-refractivity contribution in [3.63, 3.8) is 0 Å². The smallest absolute Gasteiger partial charge is 0.367 e. The quantitative estimate of drug-likeness (QED) is 0.851. The monoisotopic (exact) mass is 330 g/mol. The number of H-pyrrole nitrogens is 1. The van der Waals surface area contributed by atoms with Crippen LogP contribution in [-0.4, -0.2) is 23.5 Å². The van der Waals surface area contributed by atoms with Crippen LogP contribution in [0, 0.1) is 0 Å². The highest BCUT2D eigenvalue weighted by molar-refractivity contribution is 6.18. The highest BCUT2D eigenvalue weighted by atomic mass is 35.5. The Balaban J connectivity index is 2.16. The first kappa shape index (κ1) is 15.2. The van der Waals surface area contributed by atoms with Gasteiger partial charge in [0.05, 0.1) is 5.56 Å². The summed E-state index contributed by atoms with van der Waals surface area (Å²) in [5, 5.41) is 0.00447. The standard InChI is InChI=1S/C15H14ClF3N2O/c16-8-10-2-1-5-21(10)9-3-4-13-11(6-9)12(15(17,18)19)7-14(22)20-13/h3-4,6-7,10H,1-2,5,8H2,(H,20,22)/t10-/m0/s1. The van der Waals surface area contributed by atoms with E-state index in [-0.39, 0.29) is 16.9 Å². The van der Waals surface area contributed by atoms with Crippen molar-refractivity contribution < 1.29 is 13.2 Å². The van der Waals surface area contributed by atoms with Crippen LogP contribution in [0.2, 0.25) is 0 Å². The number of nitrogens with one attached hydrogen (secondary N) is 1. The van der Waals surface area contributed by atoms with Gasteiger partial charge in [-0.2, -0.15) is 13.2 Å². The summed E-state index contributed by atoms with van der Waals surface area (Å²) in [6, 6.07) is 5.47. The van der Waals surface area contributed by atoms with Gasteiger partial charge >= 0.3 is 6.18 Å². The van der Waals surface area contributed by atoms with E-state index in [4.69, 9.17) is 11.6 Å². The Morgan fingerprint density at radius 3 is 2.77 bits per heavy atom. The van der Waals surface area contributed by atoms with Crippen molar-refractivity contribution in [1.29, 1.82) is 0 Å². The molecule has 2 heterocycles. The summed E-state index contributed by atoms with van der Waals surface area (Å²) in [7, 11) is 0. The fraction of sp³-hybridized carbons (Fsp3) is 0.400. The lowest BCUT2D eigenvalue weighted by Crippen LogP contribution is -2.30. The normalized spacial score (nSPS) is 19.1. The molecule has 3 nitrogen and oxygen atoms in total. The van der Waals surface area contributed by atoms with E-state index in [9.17, 15) is 18.0 Å². The van der Waals surface area contributed by atoms with Crippen LogP contribution in [0.15, 0.2) is 29.1 Å². The van der Waals surface area contributed by atoms with E-state index in [1.54, 1.807) is 6.07 Å². The number of aromatic amines is 1. The molecule has 0 unspecified atom stereocenters. The van der Waals surface area contributed by atoms with Crippen molar-refractivity contribution in [1.82, 2.24) is 4.98 Å². The second kappa shape index (κ2) is 5.50. The Labute approximate surface area is 129 Å². The second-order valence-electron chi connectivity index (χ2n) is 5.42. The lowest BCUT2D eigenvalue weighted by molar-refractivity contribution is -0.136. The van der Waals surface area contributed by atoms with Crippen LogP contribution in [0.3, 0.4) is 0 Å². The van der Waals surface area contributed by atoms with Crippen LogP contribution in [0.5, 0.6) is 0 Å². The van der Waals surface area contributed by atoms with Crippen molar-refractivity contribution in [3.05, 3.63) is 40.2 Å². The van der Waals surface area contributed by atoms with Gasteiger partial charge in [0.15, 0.2) is 0 Å². The molecule has 1 N–H and O–H groups in total. The molecule has 1 saturated heterocycles. The maximum Gasteiger partial charge on any atom is 0.417 e. The molecule has 0 amide bonds. The zero-order chi connectivity index (χ0) is 15.9. The van der Waals surface area contributed by atoms with Gasteiger partial charge in [0.25, 0.3) is 0 Å². The van der Waals surface area contributed by atoms with Crippen molar-refractivity contribution in [2.24, 2.45) is 0 Å². The minimum Gasteiger partial charge on any atom is -0.367 e. The highest BCUT2D eigenvalue weighted by Crippen LogP contribution is 2.36. The number of benzene rings is 1. The van der Waals surface area contributed by atoms with Gasteiger partial charge in [-0.25, -0.2) is 0 Å². The average molecular weight is 331 g/mol. The van der Waals surface area contributed by atoms with Gasteiger partial charge in [-0.1, -0.05) is 0 Å². The van der Waals surface area contributed by atoms with Gasteiger partial charge in [0.1, 0.15) is 0 Å². The number of nitrogens with zero attached hydrogens (tertiary/aromatic N) is 1. The molecular weight excluding hydrogens is 317 g/mol. The van der Waals surface area contributed by atoms with Crippen LogP contribution in [-0.2, 0) is 6.18 Å². The molecule has 2 aromatic rings. The number of hydrogen-bond acceptors (Lipinski definition) is 2. The summed E-state index contributed by atoms with van der Waals surface area (Å²) in [6.45, 7) is 0.771. The van der Waals surface area contributed by atoms with Gasteiger partial charge in [-0.05, 0) is 31.0 Å². The number of pyridine rings is 1. The number of alkyl halides is 4. The molecule has 118 valence electrons.